The van der Waals surface area contributed by atoms with Crippen molar-refractivity contribution in [3.63, 3.8) is 0 Å². The van der Waals surface area contributed by atoms with Crippen LogP contribution in [0.4, 0.5) is 5.69 Å². The van der Waals surface area contributed by atoms with E-state index < -0.39 is 17.7 Å². The predicted octanol–water partition coefficient (Wildman–Crippen LogP) is 4.52. The van der Waals surface area contributed by atoms with E-state index in [0.29, 0.717) is 17.0 Å². The van der Waals surface area contributed by atoms with Gasteiger partial charge in [0, 0.05) is 11.3 Å². The number of furan rings is 1. The van der Waals surface area contributed by atoms with Crippen molar-refractivity contribution < 1.29 is 19.1 Å². The quantitative estimate of drug-likeness (QED) is 0.416. The highest BCUT2D eigenvalue weighted by atomic mass is 16.3. The molecule has 3 aromatic rings. The van der Waals surface area contributed by atoms with Crippen LogP contribution in [0.2, 0.25) is 0 Å². The van der Waals surface area contributed by atoms with Crippen molar-refractivity contribution in [1.82, 2.24) is 0 Å². The van der Waals surface area contributed by atoms with Gasteiger partial charge in [-0.05, 0) is 43.2 Å². The number of aliphatic hydroxyl groups is 1. The molecule has 1 saturated heterocycles. The summed E-state index contributed by atoms with van der Waals surface area (Å²) in [6.07, 6.45) is 1.49. The Morgan fingerprint density at radius 3 is 2.43 bits per heavy atom. The molecule has 5 heteroatoms. The maximum Gasteiger partial charge on any atom is 0.300 e. The lowest BCUT2D eigenvalue weighted by atomic mass is 9.99. The minimum atomic E-state index is -0.837. The zero-order valence-corrected chi connectivity index (χ0v) is 15.5. The van der Waals surface area contributed by atoms with Crippen LogP contribution in [0, 0.1) is 13.8 Å². The number of aryl methyl sites for hydroxylation is 2. The molecule has 1 N–H and O–H groups in total. The Labute approximate surface area is 162 Å². The lowest BCUT2D eigenvalue weighted by Gasteiger charge is -2.25. The van der Waals surface area contributed by atoms with Gasteiger partial charge in [-0.3, -0.25) is 14.5 Å². The second-order valence-electron chi connectivity index (χ2n) is 6.84. The van der Waals surface area contributed by atoms with Crippen molar-refractivity contribution in [2.75, 3.05) is 4.90 Å². The molecule has 1 aliphatic rings. The number of ketones is 1. The van der Waals surface area contributed by atoms with Crippen LogP contribution < -0.4 is 4.90 Å². The number of hydrogen-bond acceptors (Lipinski definition) is 4. The van der Waals surface area contributed by atoms with Crippen LogP contribution in [0.15, 0.2) is 76.9 Å². The van der Waals surface area contributed by atoms with Gasteiger partial charge >= 0.3 is 0 Å². The average Bonchev–Trinajstić information content (AvgIpc) is 3.31. The van der Waals surface area contributed by atoms with Gasteiger partial charge in [0.25, 0.3) is 11.7 Å². The highest BCUT2D eigenvalue weighted by Crippen LogP contribution is 2.43. The third kappa shape index (κ3) is 2.81. The maximum atomic E-state index is 13.0. The molecule has 1 unspecified atom stereocenters. The van der Waals surface area contributed by atoms with E-state index in [2.05, 4.69) is 0 Å². The van der Waals surface area contributed by atoms with Crippen LogP contribution in [-0.2, 0) is 9.59 Å². The van der Waals surface area contributed by atoms with Crippen LogP contribution in [0.3, 0.4) is 0 Å². The molecule has 28 heavy (non-hydrogen) atoms. The molecule has 1 amide bonds. The van der Waals surface area contributed by atoms with E-state index in [1.54, 1.807) is 36.4 Å². The molecule has 1 atom stereocenters. The standard InChI is InChI=1S/C23H19NO4/c1-14-10-11-15(2)17(13-14)24-20(18-9-6-12-28-18)19(22(26)23(24)27)21(25)16-7-4-3-5-8-16/h3-13,20,25H,1-2H3/b21-19-. The fourth-order valence-electron chi connectivity index (χ4n) is 3.53. The number of rotatable bonds is 3. The first-order valence-corrected chi connectivity index (χ1v) is 8.96. The van der Waals surface area contributed by atoms with Gasteiger partial charge in [0.15, 0.2) is 0 Å². The van der Waals surface area contributed by atoms with E-state index in [1.165, 1.54) is 11.2 Å². The Morgan fingerprint density at radius 2 is 1.75 bits per heavy atom. The molecular weight excluding hydrogens is 354 g/mol. The smallest absolute Gasteiger partial charge is 0.300 e. The summed E-state index contributed by atoms with van der Waals surface area (Å²) in [5.74, 6) is -1.22. The van der Waals surface area contributed by atoms with Crippen molar-refractivity contribution in [3.8, 4) is 0 Å². The lowest BCUT2D eigenvalue weighted by molar-refractivity contribution is -0.132. The van der Waals surface area contributed by atoms with Gasteiger partial charge < -0.3 is 9.52 Å². The predicted molar refractivity (Wildman–Crippen MR) is 106 cm³/mol. The molecule has 0 saturated carbocycles. The number of Topliss-reactive ketones (excluding diaryl/α,β-unsaturated/α-hetero) is 1. The monoisotopic (exact) mass is 373 g/mol. The fourth-order valence-corrected chi connectivity index (χ4v) is 3.53. The van der Waals surface area contributed by atoms with Crippen LogP contribution in [0.25, 0.3) is 5.76 Å². The molecule has 0 radical (unpaired) electrons. The van der Waals surface area contributed by atoms with Crippen LogP contribution in [0.5, 0.6) is 0 Å². The van der Waals surface area contributed by atoms with Gasteiger partial charge in [0.1, 0.15) is 17.6 Å². The number of hydrogen-bond donors (Lipinski definition) is 1. The number of nitrogens with zero attached hydrogens (tertiary/aromatic N) is 1. The molecule has 1 fully saturated rings. The first-order valence-electron chi connectivity index (χ1n) is 8.96. The average molecular weight is 373 g/mol. The number of benzene rings is 2. The number of aliphatic hydroxyl groups excluding tert-OH is 1. The van der Waals surface area contributed by atoms with Crippen molar-refractivity contribution >= 4 is 23.1 Å². The van der Waals surface area contributed by atoms with E-state index in [0.717, 1.165) is 11.1 Å². The Balaban J connectivity index is 1.97. The molecule has 2 aromatic carbocycles. The summed E-state index contributed by atoms with van der Waals surface area (Å²) >= 11 is 0. The highest BCUT2D eigenvalue weighted by molar-refractivity contribution is 6.51. The number of carbonyl (C=O) groups excluding carboxylic acids is 2. The third-order valence-electron chi connectivity index (χ3n) is 4.93. The summed E-state index contributed by atoms with van der Waals surface area (Å²) in [4.78, 5) is 27.4. The molecule has 4 rings (SSSR count). The molecule has 140 valence electrons. The van der Waals surface area contributed by atoms with Gasteiger partial charge in [0.2, 0.25) is 0 Å². The molecule has 1 aliphatic heterocycles. The normalized spacial score (nSPS) is 18.6. The highest BCUT2D eigenvalue weighted by Gasteiger charge is 2.48. The Bertz CT molecular complexity index is 1080. The van der Waals surface area contributed by atoms with E-state index >= 15 is 0 Å². The zero-order chi connectivity index (χ0) is 19.8. The first kappa shape index (κ1) is 17.8. The van der Waals surface area contributed by atoms with Crippen LogP contribution in [-0.4, -0.2) is 16.8 Å². The molecular formula is C23H19NO4. The summed E-state index contributed by atoms with van der Waals surface area (Å²) in [5, 5.41) is 10.9. The van der Waals surface area contributed by atoms with E-state index in [1.807, 2.05) is 38.1 Å². The Kier molecular flexibility index (Phi) is 4.35. The summed E-state index contributed by atoms with van der Waals surface area (Å²) in [7, 11) is 0. The van der Waals surface area contributed by atoms with Crippen molar-refractivity contribution in [2.45, 2.75) is 19.9 Å². The lowest BCUT2D eigenvalue weighted by Crippen LogP contribution is -2.30. The number of carbonyl (C=O) groups is 2. The molecule has 0 aliphatic carbocycles. The summed E-state index contributed by atoms with van der Waals surface area (Å²) in [5.41, 5.74) is 2.92. The summed E-state index contributed by atoms with van der Waals surface area (Å²) in [6, 6.07) is 17.0. The van der Waals surface area contributed by atoms with E-state index in [4.69, 9.17) is 4.42 Å². The van der Waals surface area contributed by atoms with Crippen molar-refractivity contribution in [2.24, 2.45) is 0 Å². The van der Waals surface area contributed by atoms with Gasteiger partial charge in [0.05, 0.1) is 11.8 Å². The minimum absolute atomic E-state index is 0.0204. The zero-order valence-electron chi connectivity index (χ0n) is 15.5. The molecule has 0 spiro atoms. The third-order valence-corrected chi connectivity index (χ3v) is 4.93. The van der Waals surface area contributed by atoms with Crippen LogP contribution >= 0.6 is 0 Å². The van der Waals surface area contributed by atoms with Crippen molar-refractivity contribution in [1.29, 1.82) is 0 Å². The largest absolute Gasteiger partial charge is 0.507 e. The van der Waals surface area contributed by atoms with E-state index in [-0.39, 0.29) is 11.3 Å². The SMILES string of the molecule is Cc1ccc(C)c(N2C(=O)C(=O)/C(=C(\O)c3ccccc3)C2c2ccco2)c1. The second-order valence-corrected chi connectivity index (χ2v) is 6.84. The molecule has 2 heterocycles. The van der Waals surface area contributed by atoms with Gasteiger partial charge in [-0.1, -0.05) is 42.5 Å². The molecule has 1 aromatic heterocycles. The summed E-state index contributed by atoms with van der Waals surface area (Å²) < 4.78 is 5.56. The number of amides is 1. The second kappa shape index (κ2) is 6.85. The van der Waals surface area contributed by atoms with Crippen LogP contribution in [0.1, 0.15) is 28.5 Å². The number of anilines is 1. The molecule has 0 bridgehead atoms. The molecule has 5 nitrogen and oxygen atoms in total. The first-order chi connectivity index (χ1) is 13.5. The van der Waals surface area contributed by atoms with Crippen molar-refractivity contribution in [3.05, 3.63) is 95.0 Å². The minimum Gasteiger partial charge on any atom is -0.507 e. The van der Waals surface area contributed by atoms with Gasteiger partial charge in [-0.15, -0.1) is 0 Å². The summed E-state index contributed by atoms with van der Waals surface area (Å²) in [6.45, 7) is 3.80. The van der Waals surface area contributed by atoms with Gasteiger partial charge in [-0.2, -0.15) is 0 Å². The van der Waals surface area contributed by atoms with Gasteiger partial charge in [-0.25, -0.2) is 0 Å². The maximum absolute atomic E-state index is 13.0. The van der Waals surface area contributed by atoms with E-state index in [9.17, 15) is 14.7 Å². The Hall–Kier alpha value is -3.60. The Morgan fingerprint density at radius 1 is 1.00 bits per heavy atom. The topological polar surface area (TPSA) is 70.8 Å². The fraction of sp³-hybridized carbons (Fsp3) is 0.130.